The van der Waals surface area contributed by atoms with Crippen LogP contribution in [0.2, 0.25) is 5.02 Å². The number of carbonyl (C=O) groups excluding carboxylic acids is 1. The Morgan fingerprint density at radius 3 is 2.46 bits per heavy atom. The molecule has 2 N–H and O–H groups in total. The van der Waals surface area contributed by atoms with Crippen molar-refractivity contribution in [1.29, 1.82) is 0 Å². The number of rotatable bonds is 5. The molecule has 1 amide bonds. The fourth-order valence-corrected chi connectivity index (χ4v) is 4.33. The van der Waals surface area contributed by atoms with Crippen LogP contribution in [0.15, 0.2) is 23.2 Å². The summed E-state index contributed by atoms with van der Waals surface area (Å²) >= 11 is 5.87. The van der Waals surface area contributed by atoms with Crippen LogP contribution in [0, 0.1) is 19.7 Å². The highest BCUT2D eigenvalue weighted by molar-refractivity contribution is 7.89. The lowest BCUT2D eigenvalue weighted by Crippen LogP contribution is -2.30. The van der Waals surface area contributed by atoms with E-state index in [9.17, 15) is 17.6 Å². The van der Waals surface area contributed by atoms with E-state index in [1.54, 1.807) is 33.9 Å². The number of aryl methyl sites for hydroxylation is 2. The van der Waals surface area contributed by atoms with E-state index in [1.165, 1.54) is 23.8 Å². The SMILES string of the molecule is Cc1ccc(NC(=O)c2c(C)c(S(=O)(=O)NC(C)C)cn2C)c(F)c1Cl. The summed E-state index contributed by atoms with van der Waals surface area (Å²) in [5.41, 5.74) is 0.864. The molecule has 0 aliphatic rings. The van der Waals surface area contributed by atoms with Crippen LogP contribution in [-0.4, -0.2) is 24.9 Å². The molecule has 0 atom stereocenters. The molecule has 0 aliphatic heterocycles. The van der Waals surface area contributed by atoms with E-state index in [-0.39, 0.29) is 32.9 Å². The molecule has 0 spiro atoms. The van der Waals surface area contributed by atoms with E-state index < -0.39 is 21.7 Å². The van der Waals surface area contributed by atoms with E-state index >= 15 is 0 Å². The molecule has 6 nitrogen and oxygen atoms in total. The van der Waals surface area contributed by atoms with Crippen LogP contribution in [0.25, 0.3) is 0 Å². The van der Waals surface area contributed by atoms with E-state index in [0.717, 1.165) is 0 Å². The maximum atomic E-state index is 14.2. The molecule has 0 saturated heterocycles. The summed E-state index contributed by atoms with van der Waals surface area (Å²) < 4.78 is 42.9. The fraction of sp³-hybridized carbons (Fsp3) is 0.353. The summed E-state index contributed by atoms with van der Waals surface area (Å²) in [5.74, 6) is -1.36. The Kier molecular flexibility index (Phi) is 5.79. The summed E-state index contributed by atoms with van der Waals surface area (Å²) in [6, 6.07) is 2.70. The van der Waals surface area contributed by atoms with Crippen LogP contribution in [0.5, 0.6) is 0 Å². The number of anilines is 1. The molecule has 2 rings (SSSR count). The average Bonchev–Trinajstić information content (AvgIpc) is 2.82. The highest BCUT2D eigenvalue weighted by Gasteiger charge is 2.26. The van der Waals surface area contributed by atoms with Gasteiger partial charge in [-0.05, 0) is 44.9 Å². The molecule has 0 saturated carbocycles. The monoisotopic (exact) mass is 401 g/mol. The first kappa shape index (κ1) is 20.4. The maximum absolute atomic E-state index is 14.2. The van der Waals surface area contributed by atoms with Crippen molar-refractivity contribution in [2.45, 2.75) is 38.6 Å². The molecule has 26 heavy (non-hydrogen) atoms. The van der Waals surface area contributed by atoms with Crippen LogP contribution in [-0.2, 0) is 17.1 Å². The third-order valence-corrected chi connectivity index (χ3v) is 6.04. The number of halogens is 2. The van der Waals surface area contributed by atoms with E-state index in [2.05, 4.69) is 10.0 Å². The Hall–Kier alpha value is -1.90. The molecular formula is C17H21ClFN3O3S. The molecule has 0 aliphatic carbocycles. The van der Waals surface area contributed by atoms with Gasteiger partial charge in [0.15, 0.2) is 5.82 Å². The van der Waals surface area contributed by atoms with Crippen LogP contribution >= 0.6 is 11.6 Å². The molecule has 2 aromatic rings. The minimum absolute atomic E-state index is 0.00117. The second kappa shape index (κ2) is 7.38. The third kappa shape index (κ3) is 3.92. The lowest BCUT2D eigenvalue weighted by molar-refractivity contribution is 0.101. The van der Waals surface area contributed by atoms with Crippen LogP contribution < -0.4 is 10.0 Å². The number of carbonyl (C=O) groups is 1. The molecule has 1 heterocycles. The molecule has 0 unspecified atom stereocenters. The van der Waals surface area contributed by atoms with Gasteiger partial charge in [0.25, 0.3) is 5.91 Å². The van der Waals surface area contributed by atoms with E-state index in [4.69, 9.17) is 11.6 Å². The van der Waals surface area contributed by atoms with Crippen molar-refractivity contribution < 1.29 is 17.6 Å². The van der Waals surface area contributed by atoms with Gasteiger partial charge in [-0.1, -0.05) is 17.7 Å². The highest BCUT2D eigenvalue weighted by Crippen LogP contribution is 2.27. The van der Waals surface area contributed by atoms with Gasteiger partial charge in [-0.25, -0.2) is 17.5 Å². The molecular weight excluding hydrogens is 381 g/mol. The first-order valence-electron chi connectivity index (χ1n) is 7.90. The molecule has 0 radical (unpaired) electrons. The van der Waals surface area contributed by atoms with Crippen molar-refractivity contribution in [2.75, 3.05) is 5.32 Å². The van der Waals surface area contributed by atoms with Crippen LogP contribution in [0.4, 0.5) is 10.1 Å². The number of sulfonamides is 1. The van der Waals surface area contributed by atoms with Crippen molar-refractivity contribution in [3.05, 3.63) is 46.0 Å². The van der Waals surface area contributed by atoms with Gasteiger partial charge in [0.1, 0.15) is 10.6 Å². The second-order valence-corrected chi connectivity index (χ2v) is 8.43. The molecule has 142 valence electrons. The molecule has 0 bridgehead atoms. The van der Waals surface area contributed by atoms with Gasteiger partial charge in [0, 0.05) is 19.3 Å². The Morgan fingerprint density at radius 1 is 1.27 bits per heavy atom. The van der Waals surface area contributed by atoms with Crippen molar-refractivity contribution in [2.24, 2.45) is 7.05 Å². The Balaban J connectivity index is 2.41. The zero-order valence-corrected chi connectivity index (χ0v) is 16.7. The standard InChI is InChI=1S/C17H21ClFN3O3S/c1-9(2)21-26(24,25)13-8-22(5)16(11(13)4)17(23)20-12-7-6-10(3)14(18)15(12)19/h6-9,21H,1-5H3,(H,20,23). The Bertz CT molecular complexity index is 968. The maximum Gasteiger partial charge on any atom is 0.272 e. The van der Waals surface area contributed by atoms with Crippen molar-refractivity contribution in [3.8, 4) is 0 Å². The summed E-state index contributed by atoms with van der Waals surface area (Å²) in [6.07, 6.45) is 1.35. The number of benzene rings is 1. The van der Waals surface area contributed by atoms with E-state index in [1.807, 2.05) is 0 Å². The minimum atomic E-state index is -3.76. The van der Waals surface area contributed by atoms with Gasteiger partial charge in [0.05, 0.1) is 10.7 Å². The van der Waals surface area contributed by atoms with Gasteiger partial charge < -0.3 is 9.88 Å². The predicted octanol–water partition coefficient (Wildman–Crippen LogP) is 3.37. The van der Waals surface area contributed by atoms with Crippen LogP contribution in [0.3, 0.4) is 0 Å². The summed E-state index contributed by atoms with van der Waals surface area (Å²) in [5, 5.41) is 2.37. The number of amides is 1. The van der Waals surface area contributed by atoms with Gasteiger partial charge in [-0.3, -0.25) is 4.79 Å². The van der Waals surface area contributed by atoms with Crippen LogP contribution in [0.1, 0.15) is 35.5 Å². The van der Waals surface area contributed by atoms with Crippen molar-refractivity contribution >= 4 is 33.2 Å². The second-order valence-electron chi connectivity index (χ2n) is 6.37. The predicted molar refractivity (Wildman–Crippen MR) is 99.7 cm³/mol. The first-order valence-corrected chi connectivity index (χ1v) is 9.76. The fourth-order valence-electron chi connectivity index (χ4n) is 2.62. The summed E-state index contributed by atoms with van der Waals surface area (Å²) in [6.45, 7) is 6.58. The largest absolute Gasteiger partial charge is 0.345 e. The minimum Gasteiger partial charge on any atom is -0.345 e. The lowest BCUT2D eigenvalue weighted by Gasteiger charge is -2.11. The Labute approximate surface area is 157 Å². The molecule has 1 aromatic heterocycles. The molecule has 9 heteroatoms. The van der Waals surface area contributed by atoms with Gasteiger partial charge in [-0.15, -0.1) is 0 Å². The van der Waals surface area contributed by atoms with Gasteiger partial charge in [0.2, 0.25) is 10.0 Å². The first-order chi connectivity index (χ1) is 12.0. The zero-order chi connectivity index (χ0) is 19.8. The average molecular weight is 402 g/mol. The topological polar surface area (TPSA) is 80.2 Å². The number of nitrogens with one attached hydrogen (secondary N) is 2. The lowest BCUT2D eigenvalue weighted by atomic mass is 10.2. The summed E-state index contributed by atoms with van der Waals surface area (Å²) in [4.78, 5) is 12.6. The van der Waals surface area contributed by atoms with Gasteiger partial charge >= 0.3 is 0 Å². The summed E-state index contributed by atoms with van der Waals surface area (Å²) in [7, 11) is -2.21. The Morgan fingerprint density at radius 2 is 1.88 bits per heavy atom. The van der Waals surface area contributed by atoms with E-state index in [0.29, 0.717) is 5.56 Å². The third-order valence-electron chi connectivity index (χ3n) is 3.81. The number of hydrogen-bond acceptors (Lipinski definition) is 3. The molecule has 1 aromatic carbocycles. The number of nitrogens with zero attached hydrogens (tertiary/aromatic N) is 1. The normalized spacial score (nSPS) is 11.8. The number of hydrogen-bond donors (Lipinski definition) is 2. The number of aromatic nitrogens is 1. The zero-order valence-electron chi connectivity index (χ0n) is 15.1. The smallest absolute Gasteiger partial charge is 0.272 e. The molecule has 0 fully saturated rings. The quantitative estimate of drug-likeness (QED) is 0.806. The highest BCUT2D eigenvalue weighted by atomic mass is 35.5. The van der Waals surface area contributed by atoms with Gasteiger partial charge in [-0.2, -0.15) is 0 Å². The van der Waals surface area contributed by atoms with Crippen molar-refractivity contribution in [3.63, 3.8) is 0 Å². The van der Waals surface area contributed by atoms with Crippen molar-refractivity contribution in [1.82, 2.24) is 9.29 Å².